The van der Waals surface area contributed by atoms with Crippen molar-refractivity contribution in [2.24, 2.45) is 5.92 Å². The molecule has 3 atom stereocenters. The number of benzene rings is 1. The standard InChI is InChI=1S/C21H29N3O2/c1-2-23(20(25)14-15-12-16-8-9-17(13-15)22-16)19-10-11-24(21(19)26)18-6-4-3-5-7-18/h3-7,15-17,19,22H,2,8-14H2,1H3. The van der Waals surface area contributed by atoms with E-state index in [1.807, 2.05) is 47.1 Å². The molecule has 0 radical (unpaired) electrons. The van der Waals surface area contributed by atoms with E-state index in [1.165, 1.54) is 12.8 Å². The fourth-order valence-electron chi connectivity index (χ4n) is 5.09. The van der Waals surface area contributed by atoms with Gasteiger partial charge in [0.05, 0.1) is 0 Å². The number of piperidine rings is 1. The van der Waals surface area contributed by atoms with Gasteiger partial charge in [0.15, 0.2) is 0 Å². The molecule has 2 bridgehead atoms. The van der Waals surface area contributed by atoms with Gasteiger partial charge in [-0.15, -0.1) is 0 Å². The van der Waals surface area contributed by atoms with Gasteiger partial charge in [0.2, 0.25) is 11.8 Å². The van der Waals surface area contributed by atoms with Crippen molar-refractivity contribution >= 4 is 17.5 Å². The molecule has 1 N–H and O–H groups in total. The molecule has 3 aliphatic rings. The molecule has 0 aromatic heterocycles. The zero-order valence-corrected chi connectivity index (χ0v) is 15.6. The quantitative estimate of drug-likeness (QED) is 0.883. The van der Waals surface area contributed by atoms with Crippen LogP contribution in [0.25, 0.3) is 0 Å². The average Bonchev–Trinajstić information content (AvgIpc) is 3.19. The van der Waals surface area contributed by atoms with Crippen molar-refractivity contribution in [3.63, 3.8) is 0 Å². The molecular weight excluding hydrogens is 326 g/mol. The first kappa shape index (κ1) is 17.5. The first-order valence-electron chi connectivity index (χ1n) is 10.1. The van der Waals surface area contributed by atoms with Crippen LogP contribution in [-0.4, -0.2) is 47.9 Å². The smallest absolute Gasteiger partial charge is 0.249 e. The zero-order chi connectivity index (χ0) is 18.1. The van der Waals surface area contributed by atoms with E-state index in [0.29, 0.717) is 37.5 Å². The molecule has 1 aromatic carbocycles. The third-order valence-corrected chi connectivity index (χ3v) is 6.32. The van der Waals surface area contributed by atoms with E-state index in [0.717, 1.165) is 24.9 Å². The van der Waals surface area contributed by atoms with Crippen LogP contribution in [0.1, 0.15) is 45.4 Å². The summed E-state index contributed by atoms with van der Waals surface area (Å²) >= 11 is 0. The number of nitrogens with one attached hydrogen (secondary N) is 1. The molecule has 26 heavy (non-hydrogen) atoms. The summed E-state index contributed by atoms with van der Waals surface area (Å²) in [4.78, 5) is 29.6. The first-order chi connectivity index (χ1) is 12.7. The molecule has 140 valence electrons. The first-order valence-corrected chi connectivity index (χ1v) is 10.1. The number of para-hydroxylation sites is 1. The number of likely N-dealkylation sites (N-methyl/N-ethyl adjacent to an activating group) is 1. The van der Waals surface area contributed by atoms with Crippen LogP contribution in [0.5, 0.6) is 0 Å². The molecule has 0 saturated carbocycles. The van der Waals surface area contributed by atoms with E-state index in [-0.39, 0.29) is 17.9 Å². The lowest BCUT2D eigenvalue weighted by Crippen LogP contribution is -2.46. The second kappa shape index (κ2) is 7.39. The van der Waals surface area contributed by atoms with Crippen LogP contribution in [0.4, 0.5) is 5.69 Å². The van der Waals surface area contributed by atoms with E-state index in [1.54, 1.807) is 0 Å². The highest BCUT2D eigenvalue weighted by Gasteiger charge is 2.40. The van der Waals surface area contributed by atoms with E-state index in [9.17, 15) is 9.59 Å². The number of carbonyl (C=O) groups excluding carboxylic acids is 2. The Morgan fingerprint density at radius 1 is 1.15 bits per heavy atom. The number of rotatable bonds is 5. The van der Waals surface area contributed by atoms with Crippen LogP contribution in [-0.2, 0) is 9.59 Å². The monoisotopic (exact) mass is 355 g/mol. The molecule has 5 heteroatoms. The van der Waals surface area contributed by atoms with Crippen molar-refractivity contribution in [2.75, 3.05) is 18.0 Å². The molecule has 1 aromatic rings. The van der Waals surface area contributed by atoms with Crippen molar-refractivity contribution in [2.45, 2.75) is 63.6 Å². The Morgan fingerprint density at radius 3 is 2.50 bits per heavy atom. The average molecular weight is 355 g/mol. The third kappa shape index (κ3) is 3.37. The molecule has 3 saturated heterocycles. The van der Waals surface area contributed by atoms with Crippen LogP contribution in [0.2, 0.25) is 0 Å². The predicted molar refractivity (Wildman–Crippen MR) is 102 cm³/mol. The molecule has 0 spiro atoms. The van der Waals surface area contributed by atoms with Gasteiger partial charge in [0.1, 0.15) is 6.04 Å². The van der Waals surface area contributed by atoms with Crippen molar-refractivity contribution in [1.29, 1.82) is 0 Å². The lowest BCUT2D eigenvalue weighted by atomic mass is 9.89. The van der Waals surface area contributed by atoms with Crippen LogP contribution in [0.15, 0.2) is 30.3 Å². The lowest BCUT2D eigenvalue weighted by Gasteiger charge is -2.32. The third-order valence-electron chi connectivity index (χ3n) is 6.32. The summed E-state index contributed by atoms with van der Waals surface area (Å²) in [6.45, 7) is 3.28. The van der Waals surface area contributed by atoms with E-state index >= 15 is 0 Å². The number of fused-ring (bicyclic) bond motifs is 2. The number of nitrogens with zero attached hydrogens (tertiary/aromatic N) is 2. The van der Waals surface area contributed by atoms with Gasteiger partial charge in [0, 0.05) is 37.3 Å². The molecule has 3 aliphatic heterocycles. The number of amides is 2. The zero-order valence-electron chi connectivity index (χ0n) is 15.6. The molecule has 3 fully saturated rings. The van der Waals surface area contributed by atoms with E-state index < -0.39 is 0 Å². The van der Waals surface area contributed by atoms with Gasteiger partial charge >= 0.3 is 0 Å². The maximum atomic E-state index is 13.0. The van der Waals surface area contributed by atoms with E-state index in [2.05, 4.69) is 5.32 Å². The summed E-state index contributed by atoms with van der Waals surface area (Å²) in [5.41, 5.74) is 0.929. The van der Waals surface area contributed by atoms with Crippen LogP contribution in [0, 0.1) is 5.92 Å². The molecule has 5 nitrogen and oxygen atoms in total. The number of hydrogen-bond acceptors (Lipinski definition) is 3. The topological polar surface area (TPSA) is 52.7 Å². The molecule has 3 heterocycles. The Balaban J connectivity index is 1.40. The second-order valence-electron chi connectivity index (χ2n) is 7.99. The molecular formula is C21H29N3O2. The Kier molecular flexibility index (Phi) is 4.98. The Labute approximate surface area is 155 Å². The van der Waals surface area contributed by atoms with Crippen molar-refractivity contribution in [3.05, 3.63) is 30.3 Å². The Bertz CT molecular complexity index is 650. The van der Waals surface area contributed by atoms with Gasteiger partial charge in [-0.25, -0.2) is 0 Å². The van der Waals surface area contributed by atoms with Crippen LogP contribution in [0.3, 0.4) is 0 Å². The fraction of sp³-hybridized carbons (Fsp3) is 0.619. The molecule has 3 unspecified atom stereocenters. The number of anilines is 1. The minimum atomic E-state index is -0.300. The fourth-order valence-corrected chi connectivity index (χ4v) is 5.09. The largest absolute Gasteiger partial charge is 0.331 e. The van der Waals surface area contributed by atoms with Gasteiger partial charge in [-0.2, -0.15) is 0 Å². The molecule has 2 amide bonds. The minimum Gasteiger partial charge on any atom is -0.331 e. The maximum absolute atomic E-state index is 13.0. The van der Waals surface area contributed by atoms with Crippen molar-refractivity contribution < 1.29 is 9.59 Å². The van der Waals surface area contributed by atoms with Crippen molar-refractivity contribution in [1.82, 2.24) is 10.2 Å². The van der Waals surface area contributed by atoms with Crippen LogP contribution >= 0.6 is 0 Å². The summed E-state index contributed by atoms with van der Waals surface area (Å²) < 4.78 is 0. The minimum absolute atomic E-state index is 0.0665. The second-order valence-corrected chi connectivity index (χ2v) is 7.99. The SMILES string of the molecule is CCN(C(=O)CC1CC2CCC(C1)N2)C1CCN(c2ccccc2)C1=O. The highest BCUT2D eigenvalue weighted by atomic mass is 16.2. The summed E-state index contributed by atoms with van der Waals surface area (Å²) in [5, 5.41) is 3.64. The molecule has 0 aliphatic carbocycles. The summed E-state index contributed by atoms with van der Waals surface area (Å²) in [5.74, 6) is 0.695. The van der Waals surface area contributed by atoms with E-state index in [4.69, 9.17) is 0 Å². The van der Waals surface area contributed by atoms with Crippen LogP contribution < -0.4 is 10.2 Å². The predicted octanol–water partition coefficient (Wildman–Crippen LogP) is 2.56. The number of carbonyl (C=O) groups is 2. The van der Waals surface area contributed by atoms with Crippen molar-refractivity contribution in [3.8, 4) is 0 Å². The highest BCUT2D eigenvalue weighted by molar-refractivity contribution is 6.01. The highest BCUT2D eigenvalue weighted by Crippen LogP contribution is 2.33. The number of hydrogen-bond donors (Lipinski definition) is 1. The molecule has 4 rings (SSSR count). The Morgan fingerprint density at radius 2 is 1.85 bits per heavy atom. The normalized spacial score (nSPS) is 30.7. The maximum Gasteiger partial charge on any atom is 0.249 e. The van der Waals surface area contributed by atoms with Gasteiger partial charge in [-0.1, -0.05) is 18.2 Å². The van der Waals surface area contributed by atoms with Gasteiger partial charge < -0.3 is 15.1 Å². The summed E-state index contributed by atoms with van der Waals surface area (Å²) in [6.07, 6.45) is 6.03. The van der Waals surface area contributed by atoms with Gasteiger partial charge in [0.25, 0.3) is 0 Å². The van der Waals surface area contributed by atoms with Gasteiger partial charge in [-0.05, 0) is 57.1 Å². The Hall–Kier alpha value is -1.88. The summed E-state index contributed by atoms with van der Waals surface area (Å²) in [7, 11) is 0. The van der Waals surface area contributed by atoms with Gasteiger partial charge in [-0.3, -0.25) is 9.59 Å². The summed E-state index contributed by atoms with van der Waals surface area (Å²) in [6, 6.07) is 10.7. The lowest BCUT2D eigenvalue weighted by molar-refractivity contribution is -0.139.